The molecule has 28 heavy (non-hydrogen) atoms. The van der Waals surface area contributed by atoms with Crippen LogP contribution in [0.15, 0.2) is 58.3 Å². The highest BCUT2D eigenvalue weighted by molar-refractivity contribution is 7.96. The van der Waals surface area contributed by atoms with Gasteiger partial charge in [0.2, 0.25) is 0 Å². The highest BCUT2D eigenvalue weighted by Gasteiger charge is 2.42. The van der Waals surface area contributed by atoms with Gasteiger partial charge < -0.3 is 4.74 Å². The molecule has 150 valence electrons. The number of hydrogen-bond donors (Lipinski definition) is 0. The van der Waals surface area contributed by atoms with E-state index in [2.05, 4.69) is 4.90 Å². The van der Waals surface area contributed by atoms with Crippen molar-refractivity contribution in [1.82, 2.24) is 4.90 Å². The second kappa shape index (κ2) is 7.50. The van der Waals surface area contributed by atoms with E-state index in [1.165, 1.54) is 31.0 Å². The van der Waals surface area contributed by atoms with Gasteiger partial charge in [0.25, 0.3) is 0 Å². The lowest BCUT2D eigenvalue weighted by Crippen LogP contribution is -2.25. The Labute approximate surface area is 166 Å². The van der Waals surface area contributed by atoms with Crippen molar-refractivity contribution in [2.45, 2.75) is 27.9 Å². The maximum absolute atomic E-state index is 13.1. The van der Waals surface area contributed by atoms with Crippen molar-refractivity contribution in [3.05, 3.63) is 54.1 Å². The summed E-state index contributed by atoms with van der Waals surface area (Å²) >= 11 is 0. The van der Waals surface area contributed by atoms with Crippen LogP contribution in [0.3, 0.4) is 0 Å². The Kier molecular flexibility index (Phi) is 5.20. The summed E-state index contributed by atoms with van der Waals surface area (Å²) in [6.45, 7) is 3.62. The van der Waals surface area contributed by atoms with Crippen LogP contribution < -0.4 is 4.74 Å². The highest BCUT2D eigenvalue weighted by Crippen LogP contribution is 2.41. The van der Waals surface area contributed by atoms with E-state index in [9.17, 15) is 16.8 Å². The van der Waals surface area contributed by atoms with E-state index >= 15 is 0 Å². The monoisotopic (exact) mass is 421 g/mol. The number of ether oxygens (including phenoxy) is 1. The zero-order chi connectivity index (χ0) is 19.8. The highest BCUT2D eigenvalue weighted by atomic mass is 32.2. The van der Waals surface area contributed by atoms with Crippen molar-refractivity contribution in [3.63, 3.8) is 0 Å². The molecule has 2 heterocycles. The largest absolute Gasteiger partial charge is 0.492 e. The number of benzene rings is 2. The van der Waals surface area contributed by atoms with E-state index in [0.717, 1.165) is 19.6 Å². The quantitative estimate of drug-likeness (QED) is 0.713. The summed E-state index contributed by atoms with van der Waals surface area (Å²) in [4.78, 5) is 2.57. The summed E-state index contributed by atoms with van der Waals surface area (Å²) in [5.74, 6) is 0.195. The topological polar surface area (TPSA) is 80.8 Å². The molecule has 1 unspecified atom stereocenters. The normalized spacial score (nSPS) is 21.5. The lowest BCUT2D eigenvalue weighted by Gasteiger charge is -2.15. The van der Waals surface area contributed by atoms with Crippen LogP contribution in [-0.2, 0) is 19.7 Å². The molecule has 0 spiro atoms. The van der Waals surface area contributed by atoms with Gasteiger partial charge in [-0.2, -0.15) is 0 Å². The Hall–Kier alpha value is -1.90. The molecule has 0 saturated carbocycles. The van der Waals surface area contributed by atoms with E-state index in [1.807, 2.05) is 0 Å². The molecule has 0 aliphatic carbocycles. The first-order valence-electron chi connectivity index (χ1n) is 9.39. The van der Waals surface area contributed by atoms with E-state index in [-0.39, 0.29) is 9.79 Å². The molecule has 0 aromatic heterocycles. The molecule has 2 aliphatic rings. The summed E-state index contributed by atoms with van der Waals surface area (Å²) in [6.07, 6.45) is 2.46. The SMILES string of the molecule is O=S1(=O)CC(S(=O)(=O)c2ccc(OCCN3CCCC3)cc2)c2ccccc21. The van der Waals surface area contributed by atoms with Crippen molar-refractivity contribution in [2.24, 2.45) is 0 Å². The third kappa shape index (κ3) is 3.68. The van der Waals surface area contributed by atoms with Crippen LogP contribution in [0, 0.1) is 0 Å². The summed E-state index contributed by atoms with van der Waals surface area (Å²) in [6, 6.07) is 12.6. The second-order valence-electron chi connectivity index (χ2n) is 7.22. The molecule has 2 aliphatic heterocycles. The van der Waals surface area contributed by atoms with Crippen molar-refractivity contribution in [2.75, 3.05) is 32.0 Å². The minimum Gasteiger partial charge on any atom is -0.492 e. The smallest absolute Gasteiger partial charge is 0.186 e. The average Bonchev–Trinajstić information content (AvgIpc) is 3.29. The van der Waals surface area contributed by atoms with Gasteiger partial charge in [-0.05, 0) is 61.8 Å². The van der Waals surface area contributed by atoms with Crippen LogP contribution in [0.5, 0.6) is 5.75 Å². The Morgan fingerprint density at radius 2 is 1.68 bits per heavy atom. The first-order chi connectivity index (χ1) is 13.4. The van der Waals surface area contributed by atoms with E-state index in [4.69, 9.17) is 4.74 Å². The minimum absolute atomic E-state index is 0.108. The number of hydrogen-bond acceptors (Lipinski definition) is 6. The van der Waals surface area contributed by atoms with Gasteiger partial charge in [0.15, 0.2) is 19.7 Å². The molecule has 0 amide bonds. The summed E-state index contributed by atoms with van der Waals surface area (Å²) in [5.41, 5.74) is 0.355. The zero-order valence-electron chi connectivity index (χ0n) is 15.5. The summed E-state index contributed by atoms with van der Waals surface area (Å²) in [5, 5.41) is -1.07. The van der Waals surface area contributed by atoms with Crippen LogP contribution >= 0.6 is 0 Å². The predicted molar refractivity (Wildman–Crippen MR) is 106 cm³/mol. The summed E-state index contributed by atoms with van der Waals surface area (Å²) in [7, 11) is -7.40. The number of likely N-dealkylation sites (tertiary alicyclic amines) is 1. The first-order valence-corrected chi connectivity index (χ1v) is 12.6. The lowest BCUT2D eigenvalue weighted by atomic mass is 10.2. The molecule has 0 radical (unpaired) electrons. The fourth-order valence-corrected chi connectivity index (χ4v) is 8.18. The number of sulfone groups is 2. The molecule has 0 N–H and O–H groups in total. The second-order valence-corrected chi connectivity index (χ2v) is 11.4. The van der Waals surface area contributed by atoms with E-state index in [1.54, 1.807) is 30.3 Å². The average molecular weight is 422 g/mol. The molecule has 8 heteroatoms. The number of rotatable bonds is 6. The molecule has 4 rings (SSSR count). The Balaban J connectivity index is 1.49. The van der Waals surface area contributed by atoms with Gasteiger partial charge in [-0.1, -0.05) is 18.2 Å². The third-order valence-electron chi connectivity index (χ3n) is 5.37. The van der Waals surface area contributed by atoms with E-state index < -0.39 is 30.7 Å². The Bertz CT molecular complexity index is 1060. The van der Waals surface area contributed by atoms with Crippen molar-refractivity contribution in [3.8, 4) is 5.75 Å². The zero-order valence-corrected chi connectivity index (χ0v) is 17.1. The molecule has 2 aromatic carbocycles. The van der Waals surface area contributed by atoms with Gasteiger partial charge in [0, 0.05) is 6.54 Å². The fraction of sp³-hybridized carbons (Fsp3) is 0.400. The Morgan fingerprint density at radius 3 is 2.39 bits per heavy atom. The first kappa shape index (κ1) is 19.4. The predicted octanol–water partition coefficient (Wildman–Crippen LogP) is 2.46. The molecule has 6 nitrogen and oxygen atoms in total. The lowest BCUT2D eigenvalue weighted by molar-refractivity contribution is 0.237. The van der Waals surface area contributed by atoms with Crippen LogP contribution in [0.1, 0.15) is 23.7 Å². The van der Waals surface area contributed by atoms with Crippen molar-refractivity contribution >= 4 is 19.7 Å². The van der Waals surface area contributed by atoms with Gasteiger partial charge in [0.05, 0.1) is 15.5 Å². The number of nitrogens with zero attached hydrogens (tertiary/aromatic N) is 1. The Morgan fingerprint density at radius 1 is 1.00 bits per heavy atom. The van der Waals surface area contributed by atoms with Gasteiger partial charge in [0.1, 0.15) is 17.6 Å². The molecule has 0 bridgehead atoms. The standard InChI is InChI=1S/C20H23NO5S2/c22-27(23)15-20(18-5-1-2-6-19(18)27)28(24,25)17-9-7-16(8-10-17)26-14-13-21-11-3-4-12-21/h1-2,5-10,20H,3-4,11-15H2. The third-order valence-corrected chi connectivity index (χ3v) is 9.50. The molecular formula is C20H23NO5S2. The van der Waals surface area contributed by atoms with Crippen LogP contribution in [0.2, 0.25) is 0 Å². The van der Waals surface area contributed by atoms with Gasteiger partial charge in [-0.25, -0.2) is 16.8 Å². The number of fused-ring (bicyclic) bond motifs is 1. The summed E-state index contributed by atoms with van der Waals surface area (Å²) < 4.78 is 56.5. The fourth-order valence-electron chi connectivity index (χ4n) is 3.85. The van der Waals surface area contributed by atoms with Crippen molar-refractivity contribution < 1.29 is 21.6 Å². The van der Waals surface area contributed by atoms with Gasteiger partial charge in [-0.15, -0.1) is 0 Å². The van der Waals surface area contributed by atoms with Gasteiger partial charge >= 0.3 is 0 Å². The van der Waals surface area contributed by atoms with E-state index in [0.29, 0.717) is 17.9 Å². The molecular weight excluding hydrogens is 398 g/mol. The molecule has 1 atom stereocenters. The van der Waals surface area contributed by atoms with Crippen LogP contribution in [0.25, 0.3) is 0 Å². The van der Waals surface area contributed by atoms with Crippen LogP contribution in [0.4, 0.5) is 0 Å². The minimum atomic E-state index is -3.82. The maximum atomic E-state index is 13.1. The maximum Gasteiger partial charge on any atom is 0.186 e. The van der Waals surface area contributed by atoms with Crippen LogP contribution in [-0.4, -0.2) is 53.7 Å². The van der Waals surface area contributed by atoms with Crippen molar-refractivity contribution in [1.29, 1.82) is 0 Å². The molecule has 2 aromatic rings. The molecule has 1 saturated heterocycles. The molecule has 1 fully saturated rings. The van der Waals surface area contributed by atoms with Gasteiger partial charge in [-0.3, -0.25) is 4.90 Å².